The van der Waals surface area contributed by atoms with Crippen LogP contribution >= 0.6 is 0 Å². The zero-order valence-electron chi connectivity index (χ0n) is 18.6. The molecule has 9 nitrogen and oxygen atoms in total. The van der Waals surface area contributed by atoms with Crippen molar-refractivity contribution < 1.29 is 14.7 Å². The fourth-order valence-electron chi connectivity index (χ4n) is 4.61. The Morgan fingerprint density at radius 1 is 1.34 bits per heavy atom. The molecule has 0 aliphatic carbocycles. The zero-order valence-corrected chi connectivity index (χ0v) is 18.6. The van der Waals surface area contributed by atoms with E-state index >= 15 is 0 Å². The number of carbonyl (C=O) groups is 2. The van der Waals surface area contributed by atoms with E-state index in [9.17, 15) is 14.7 Å². The summed E-state index contributed by atoms with van der Waals surface area (Å²) < 4.78 is 1.44. The molecule has 9 heteroatoms. The van der Waals surface area contributed by atoms with Gasteiger partial charge in [0.1, 0.15) is 17.6 Å². The van der Waals surface area contributed by atoms with Gasteiger partial charge in [0.15, 0.2) is 0 Å². The molecule has 0 bridgehead atoms. The fourth-order valence-corrected chi connectivity index (χ4v) is 4.61. The summed E-state index contributed by atoms with van der Waals surface area (Å²) in [6, 6.07) is 5.02. The van der Waals surface area contributed by atoms with Crippen LogP contribution in [-0.4, -0.2) is 68.9 Å². The molecule has 2 aliphatic heterocycles. The molecule has 3 N–H and O–H groups in total. The Labute approximate surface area is 188 Å². The first kappa shape index (κ1) is 22.3. The van der Waals surface area contributed by atoms with Crippen molar-refractivity contribution in [3.8, 4) is 0 Å². The van der Waals surface area contributed by atoms with Crippen molar-refractivity contribution in [3.05, 3.63) is 41.3 Å². The highest BCUT2D eigenvalue weighted by Crippen LogP contribution is 2.24. The van der Waals surface area contributed by atoms with Crippen LogP contribution in [0.15, 0.2) is 24.4 Å². The number of aromatic nitrogens is 3. The van der Waals surface area contributed by atoms with E-state index < -0.39 is 17.9 Å². The van der Waals surface area contributed by atoms with Crippen LogP contribution in [0.2, 0.25) is 0 Å². The molecule has 0 aromatic carbocycles. The predicted octanol–water partition coefficient (Wildman–Crippen LogP) is 1.70. The Morgan fingerprint density at radius 3 is 3.00 bits per heavy atom. The number of carbonyl (C=O) groups excluding carboxylic acids is 1. The van der Waals surface area contributed by atoms with Crippen molar-refractivity contribution in [3.63, 3.8) is 0 Å². The number of amides is 1. The van der Waals surface area contributed by atoms with Crippen molar-refractivity contribution >= 4 is 17.7 Å². The summed E-state index contributed by atoms with van der Waals surface area (Å²) in [5, 5.41) is 19.5. The highest BCUT2D eigenvalue weighted by Gasteiger charge is 2.26. The lowest BCUT2D eigenvalue weighted by Gasteiger charge is -2.20. The molecule has 2 aromatic heterocycles. The van der Waals surface area contributed by atoms with Gasteiger partial charge in [-0.25, -0.2) is 9.78 Å². The fraction of sp³-hybridized carbons (Fsp3) is 0.565. The standard InChI is InChI=1S/C23H32N6O3/c1-28-20(8-12-25-28)22(30)27-19(23(31)32)10-14-29-13-9-16(15-29)4-6-18-7-5-17-3-2-11-24-21(17)26-18/h5,7-8,12,16,19H,2-4,6,9-11,13-15H2,1H3,(H,24,26)(H,27,30)(H,31,32). The second kappa shape index (κ2) is 10.1. The molecule has 1 amide bonds. The number of pyridine rings is 1. The van der Waals surface area contributed by atoms with E-state index in [4.69, 9.17) is 4.98 Å². The lowest BCUT2D eigenvalue weighted by Crippen LogP contribution is -2.43. The molecule has 1 saturated heterocycles. The average molecular weight is 441 g/mol. The maximum atomic E-state index is 12.3. The topological polar surface area (TPSA) is 112 Å². The minimum absolute atomic E-state index is 0.350. The summed E-state index contributed by atoms with van der Waals surface area (Å²) in [5.41, 5.74) is 2.81. The van der Waals surface area contributed by atoms with Crippen LogP contribution in [0.4, 0.5) is 5.82 Å². The third kappa shape index (κ3) is 5.45. The second-order valence-corrected chi connectivity index (χ2v) is 8.83. The molecule has 1 fully saturated rings. The third-order valence-corrected chi connectivity index (χ3v) is 6.52. The number of nitrogens with zero attached hydrogens (tertiary/aromatic N) is 4. The Kier molecular flexibility index (Phi) is 7.04. The number of carboxylic acids is 1. The number of anilines is 1. The van der Waals surface area contributed by atoms with E-state index in [1.807, 2.05) is 0 Å². The number of carboxylic acid groups (broad SMARTS) is 1. The summed E-state index contributed by atoms with van der Waals surface area (Å²) in [6.07, 6.45) is 7.33. The smallest absolute Gasteiger partial charge is 0.326 e. The lowest BCUT2D eigenvalue weighted by molar-refractivity contribution is -0.139. The van der Waals surface area contributed by atoms with Crippen LogP contribution in [0, 0.1) is 5.92 Å². The molecule has 0 radical (unpaired) electrons. The molecule has 4 rings (SSSR count). The molecular formula is C23H32N6O3. The highest BCUT2D eigenvalue weighted by molar-refractivity contribution is 5.95. The quantitative estimate of drug-likeness (QED) is 0.544. The maximum absolute atomic E-state index is 12.3. The first-order valence-corrected chi connectivity index (χ1v) is 11.5. The summed E-state index contributed by atoms with van der Waals surface area (Å²) in [7, 11) is 1.66. The van der Waals surface area contributed by atoms with E-state index in [1.54, 1.807) is 13.1 Å². The minimum atomic E-state index is -1.01. The van der Waals surface area contributed by atoms with Gasteiger partial charge in [0.2, 0.25) is 0 Å². The van der Waals surface area contributed by atoms with E-state index in [1.165, 1.54) is 22.9 Å². The summed E-state index contributed by atoms with van der Waals surface area (Å²) in [5.74, 6) is 0.217. The number of nitrogens with one attached hydrogen (secondary N) is 2. The van der Waals surface area contributed by atoms with E-state index in [0.717, 1.165) is 56.8 Å². The van der Waals surface area contributed by atoms with Gasteiger partial charge in [-0.3, -0.25) is 9.48 Å². The Bertz CT molecular complexity index is 959. The largest absolute Gasteiger partial charge is 0.480 e. The van der Waals surface area contributed by atoms with Gasteiger partial charge in [-0.1, -0.05) is 6.07 Å². The normalized spacial score (nSPS) is 19.2. The predicted molar refractivity (Wildman–Crippen MR) is 121 cm³/mol. The van der Waals surface area contributed by atoms with Gasteiger partial charge in [0.25, 0.3) is 5.91 Å². The van der Waals surface area contributed by atoms with Crippen molar-refractivity contribution in [2.45, 2.75) is 44.6 Å². The Hall–Kier alpha value is -2.94. The van der Waals surface area contributed by atoms with Gasteiger partial charge >= 0.3 is 5.97 Å². The molecule has 2 atom stereocenters. The molecule has 4 heterocycles. The minimum Gasteiger partial charge on any atom is -0.480 e. The van der Waals surface area contributed by atoms with Crippen molar-refractivity contribution in [1.82, 2.24) is 25.0 Å². The second-order valence-electron chi connectivity index (χ2n) is 8.83. The SMILES string of the molecule is Cn1nccc1C(=O)NC(CCN1CCC(CCc2ccc3c(n2)NCCC3)C1)C(=O)O. The van der Waals surface area contributed by atoms with Gasteiger partial charge in [-0.2, -0.15) is 5.10 Å². The van der Waals surface area contributed by atoms with Crippen molar-refractivity contribution in [2.75, 3.05) is 31.5 Å². The van der Waals surface area contributed by atoms with Crippen LogP contribution in [0.5, 0.6) is 0 Å². The van der Waals surface area contributed by atoms with Crippen molar-refractivity contribution in [1.29, 1.82) is 0 Å². The molecule has 2 aliphatic rings. The number of likely N-dealkylation sites (tertiary alicyclic amines) is 1. The lowest BCUT2D eigenvalue weighted by atomic mass is 10.00. The number of fused-ring (bicyclic) bond motifs is 1. The monoisotopic (exact) mass is 440 g/mol. The van der Waals surface area contributed by atoms with E-state index in [-0.39, 0.29) is 0 Å². The van der Waals surface area contributed by atoms with Crippen LogP contribution in [0.1, 0.15) is 47.4 Å². The molecule has 2 aromatic rings. The maximum Gasteiger partial charge on any atom is 0.326 e. The van der Waals surface area contributed by atoms with Crippen LogP contribution in [-0.2, 0) is 24.7 Å². The van der Waals surface area contributed by atoms with E-state index in [2.05, 4.69) is 32.8 Å². The van der Waals surface area contributed by atoms with Gasteiger partial charge in [-0.15, -0.1) is 0 Å². The number of aliphatic carboxylic acids is 1. The van der Waals surface area contributed by atoms with Crippen LogP contribution in [0.25, 0.3) is 0 Å². The average Bonchev–Trinajstić information content (AvgIpc) is 3.43. The number of hydrogen-bond donors (Lipinski definition) is 3. The van der Waals surface area contributed by atoms with Gasteiger partial charge in [0, 0.05) is 38.6 Å². The summed E-state index contributed by atoms with van der Waals surface area (Å²) >= 11 is 0. The Balaban J connectivity index is 1.22. The van der Waals surface area contributed by atoms with Crippen molar-refractivity contribution in [2.24, 2.45) is 13.0 Å². The van der Waals surface area contributed by atoms with E-state index in [0.29, 0.717) is 24.6 Å². The summed E-state index contributed by atoms with van der Waals surface area (Å²) in [4.78, 5) is 31.1. The first-order valence-electron chi connectivity index (χ1n) is 11.5. The third-order valence-electron chi connectivity index (χ3n) is 6.52. The number of aryl methyl sites for hydroxylation is 3. The van der Waals surface area contributed by atoms with Crippen LogP contribution < -0.4 is 10.6 Å². The molecule has 0 saturated carbocycles. The van der Waals surface area contributed by atoms with Gasteiger partial charge in [-0.05, 0) is 68.7 Å². The van der Waals surface area contributed by atoms with Gasteiger partial charge < -0.3 is 20.6 Å². The number of rotatable bonds is 9. The highest BCUT2D eigenvalue weighted by atomic mass is 16.4. The van der Waals surface area contributed by atoms with Gasteiger partial charge in [0.05, 0.1) is 0 Å². The molecule has 2 unspecified atom stereocenters. The number of hydrogen-bond acceptors (Lipinski definition) is 6. The van der Waals surface area contributed by atoms with Crippen LogP contribution in [0.3, 0.4) is 0 Å². The molecule has 0 spiro atoms. The Morgan fingerprint density at radius 2 is 2.22 bits per heavy atom. The zero-order chi connectivity index (χ0) is 22.5. The molecular weight excluding hydrogens is 408 g/mol. The summed E-state index contributed by atoms with van der Waals surface area (Å²) in [6.45, 7) is 3.58. The first-order chi connectivity index (χ1) is 15.5. The molecule has 32 heavy (non-hydrogen) atoms. The molecule has 172 valence electrons.